The van der Waals surface area contributed by atoms with Crippen LogP contribution < -0.4 is 0 Å². The predicted molar refractivity (Wildman–Crippen MR) is 76.4 cm³/mol. The van der Waals surface area contributed by atoms with Crippen LogP contribution in [0.4, 0.5) is 4.39 Å². The second-order valence-corrected chi connectivity index (χ2v) is 5.14. The van der Waals surface area contributed by atoms with Gasteiger partial charge in [-0.3, -0.25) is 4.79 Å². The van der Waals surface area contributed by atoms with Gasteiger partial charge in [0.2, 0.25) is 0 Å². The molecule has 0 saturated heterocycles. The zero-order chi connectivity index (χ0) is 14.7. The van der Waals surface area contributed by atoms with Crippen LogP contribution in [0.1, 0.15) is 28.2 Å². The molecule has 0 aliphatic rings. The summed E-state index contributed by atoms with van der Waals surface area (Å²) in [4.78, 5) is 11.5. The number of hydrogen-bond donors (Lipinski definition) is 1. The van der Waals surface area contributed by atoms with Crippen LogP contribution >= 0.6 is 0 Å². The van der Waals surface area contributed by atoms with Crippen LogP contribution in [0.15, 0.2) is 42.5 Å². The largest absolute Gasteiger partial charge is 0.481 e. The van der Waals surface area contributed by atoms with E-state index in [1.54, 1.807) is 0 Å². The molecule has 0 aromatic heterocycles. The van der Waals surface area contributed by atoms with E-state index in [2.05, 4.69) is 6.07 Å². The highest BCUT2D eigenvalue weighted by molar-refractivity contribution is 5.76. The van der Waals surface area contributed by atoms with Gasteiger partial charge in [0.25, 0.3) is 0 Å². The number of aliphatic carboxylic acids is 1. The van der Waals surface area contributed by atoms with Gasteiger partial charge < -0.3 is 5.11 Å². The molecule has 0 radical (unpaired) electrons. The maximum atomic E-state index is 12.9. The summed E-state index contributed by atoms with van der Waals surface area (Å²) in [5, 5.41) is 9.40. The van der Waals surface area contributed by atoms with Crippen molar-refractivity contribution in [2.45, 2.75) is 26.2 Å². The average molecular weight is 272 g/mol. The lowest BCUT2D eigenvalue weighted by Gasteiger charge is -2.14. The number of aryl methyl sites for hydroxylation is 2. The maximum absolute atomic E-state index is 12.9. The van der Waals surface area contributed by atoms with Crippen molar-refractivity contribution < 1.29 is 14.3 Å². The zero-order valence-electron chi connectivity index (χ0n) is 11.6. The van der Waals surface area contributed by atoms with Gasteiger partial charge >= 0.3 is 5.97 Å². The highest BCUT2D eigenvalue weighted by atomic mass is 19.1. The molecule has 1 unspecified atom stereocenters. The molecule has 0 spiro atoms. The Balaban J connectivity index is 2.30. The van der Waals surface area contributed by atoms with Gasteiger partial charge in [-0.05, 0) is 43.5 Å². The summed E-state index contributed by atoms with van der Waals surface area (Å²) in [7, 11) is 0. The molecular formula is C17H17FO2. The van der Waals surface area contributed by atoms with E-state index >= 15 is 0 Å². The normalized spacial score (nSPS) is 12.2. The first-order valence-electron chi connectivity index (χ1n) is 6.51. The van der Waals surface area contributed by atoms with Crippen LogP contribution in [0.25, 0.3) is 0 Å². The summed E-state index contributed by atoms with van der Waals surface area (Å²) in [5.74, 6) is -1.91. The van der Waals surface area contributed by atoms with E-state index in [0.717, 1.165) is 16.7 Å². The van der Waals surface area contributed by atoms with Gasteiger partial charge in [0, 0.05) is 0 Å². The Morgan fingerprint density at radius 1 is 1.10 bits per heavy atom. The second kappa shape index (κ2) is 5.87. The molecule has 1 N–H and O–H groups in total. The summed E-state index contributed by atoms with van der Waals surface area (Å²) in [6, 6.07) is 11.7. The fourth-order valence-electron chi connectivity index (χ4n) is 2.47. The quantitative estimate of drug-likeness (QED) is 0.917. The summed E-state index contributed by atoms with van der Waals surface area (Å²) in [6.45, 7) is 3.98. The first-order valence-corrected chi connectivity index (χ1v) is 6.51. The van der Waals surface area contributed by atoms with Gasteiger partial charge in [-0.1, -0.05) is 41.5 Å². The first-order chi connectivity index (χ1) is 9.45. The fourth-order valence-corrected chi connectivity index (χ4v) is 2.47. The van der Waals surface area contributed by atoms with Gasteiger partial charge in [0.05, 0.1) is 5.92 Å². The summed E-state index contributed by atoms with van der Waals surface area (Å²) >= 11 is 0. The zero-order valence-corrected chi connectivity index (χ0v) is 11.6. The molecule has 1 atom stereocenters. The van der Waals surface area contributed by atoms with Crippen molar-refractivity contribution in [3.05, 3.63) is 70.5 Å². The third kappa shape index (κ3) is 3.44. The Labute approximate surface area is 117 Å². The molecule has 2 nitrogen and oxygen atoms in total. The average Bonchev–Trinajstić information content (AvgIpc) is 2.36. The number of rotatable bonds is 4. The standard InChI is InChI=1S/C17H17FO2/c1-11-7-12(2)9-13(8-11)10-16(17(19)20)14-3-5-15(18)6-4-14/h3-9,16H,10H2,1-2H3,(H,19,20). The number of hydrogen-bond acceptors (Lipinski definition) is 1. The lowest BCUT2D eigenvalue weighted by molar-refractivity contribution is -0.138. The number of halogens is 1. The lowest BCUT2D eigenvalue weighted by Crippen LogP contribution is -2.14. The summed E-state index contributed by atoms with van der Waals surface area (Å²) in [5.41, 5.74) is 3.84. The molecule has 104 valence electrons. The van der Waals surface area contributed by atoms with Crippen molar-refractivity contribution in [2.75, 3.05) is 0 Å². The van der Waals surface area contributed by atoms with E-state index in [1.807, 2.05) is 26.0 Å². The van der Waals surface area contributed by atoms with Crippen molar-refractivity contribution in [3.63, 3.8) is 0 Å². The minimum atomic E-state index is -0.893. The topological polar surface area (TPSA) is 37.3 Å². The van der Waals surface area contributed by atoms with Crippen molar-refractivity contribution in [3.8, 4) is 0 Å². The number of carboxylic acids is 1. The minimum absolute atomic E-state index is 0.357. The van der Waals surface area contributed by atoms with Crippen LogP contribution in [0.2, 0.25) is 0 Å². The van der Waals surface area contributed by atoms with Gasteiger partial charge in [-0.2, -0.15) is 0 Å². The molecule has 20 heavy (non-hydrogen) atoms. The highest BCUT2D eigenvalue weighted by Gasteiger charge is 2.20. The Bertz CT molecular complexity index is 597. The third-order valence-electron chi connectivity index (χ3n) is 3.29. The highest BCUT2D eigenvalue weighted by Crippen LogP contribution is 2.23. The van der Waals surface area contributed by atoms with E-state index in [9.17, 15) is 14.3 Å². The monoisotopic (exact) mass is 272 g/mol. The van der Waals surface area contributed by atoms with Crippen molar-refractivity contribution in [1.29, 1.82) is 0 Å². The minimum Gasteiger partial charge on any atom is -0.481 e. The molecule has 0 saturated carbocycles. The van der Waals surface area contributed by atoms with E-state index in [0.29, 0.717) is 12.0 Å². The van der Waals surface area contributed by atoms with E-state index in [1.165, 1.54) is 24.3 Å². The molecule has 0 fully saturated rings. The predicted octanol–water partition coefficient (Wildman–Crippen LogP) is 3.85. The third-order valence-corrected chi connectivity index (χ3v) is 3.29. The molecule has 3 heteroatoms. The van der Waals surface area contributed by atoms with Gasteiger partial charge in [0.1, 0.15) is 5.82 Å². The Morgan fingerprint density at radius 3 is 2.15 bits per heavy atom. The Hall–Kier alpha value is -2.16. The SMILES string of the molecule is Cc1cc(C)cc(CC(C(=O)O)c2ccc(F)cc2)c1. The van der Waals surface area contributed by atoms with Gasteiger partial charge in [0.15, 0.2) is 0 Å². The van der Waals surface area contributed by atoms with Gasteiger partial charge in [-0.15, -0.1) is 0 Å². The van der Waals surface area contributed by atoms with Crippen LogP contribution in [-0.2, 0) is 11.2 Å². The molecule has 0 aliphatic carbocycles. The van der Waals surface area contributed by atoms with Crippen molar-refractivity contribution in [1.82, 2.24) is 0 Å². The fraction of sp³-hybridized carbons (Fsp3) is 0.235. The van der Waals surface area contributed by atoms with E-state index in [4.69, 9.17) is 0 Å². The Morgan fingerprint density at radius 2 is 1.65 bits per heavy atom. The smallest absolute Gasteiger partial charge is 0.311 e. The molecule has 2 aromatic carbocycles. The first kappa shape index (κ1) is 14.3. The van der Waals surface area contributed by atoms with Crippen molar-refractivity contribution >= 4 is 5.97 Å². The Kier molecular flexibility index (Phi) is 4.18. The maximum Gasteiger partial charge on any atom is 0.311 e. The summed E-state index contributed by atoms with van der Waals surface area (Å²) in [6.07, 6.45) is 0.406. The van der Waals surface area contributed by atoms with Gasteiger partial charge in [-0.25, -0.2) is 4.39 Å². The molecule has 0 bridgehead atoms. The number of carbonyl (C=O) groups is 1. The number of carboxylic acid groups (broad SMARTS) is 1. The molecule has 0 heterocycles. The van der Waals surface area contributed by atoms with Crippen LogP contribution in [-0.4, -0.2) is 11.1 Å². The molecule has 2 rings (SSSR count). The summed E-state index contributed by atoms with van der Waals surface area (Å²) < 4.78 is 12.9. The second-order valence-electron chi connectivity index (χ2n) is 5.14. The van der Waals surface area contributed by atoms with E-state index < -0.39 is 11.9 Å². The number of benzene rings is 2. The molecule has 2 aromatic rings. The van der Waals surface area contributed by atoms with Crippen molar-refractivity contribution in [2.24, 2.45) is 0 Å². The molecular weight excluding hydrogens is 255 g/mol. The van der Waals surface area contributed by atoms with Crippen LogP contribution in [0.3, 0.4) is 0 Å². The molecule has 0 amide bonds. The molecule has 0 aliphatic heterocycles. The lowest BCUT2D eigenvalue weighted by atomic mass is 9.91. The van der Waals surface area contributed by atoms with Crippen LogP contribution in [0.5, 0.6) is 0 Å². The van der Waals surface area contributed by atoms with E-state index in [-0.39, 0.29) is 5.82 Å². The van der Waals surface area contributed by atoms with Crippen LogP contribution in [0, 0.1) is 19.7 Å².